The van der Waals surface area contributed by atoms with Gasteiger partial charge in [-0.3, -0.25) is 9.69 Å². The Morgan fingerprint density at radius 2 is 1.58 bits per heavy atom. The lowest BCUT2D eigenvalue weighted by Gasteiger charge is -2.37. The van der Waals surface area contributed by atoms with Crippen molar-refractivity contribution < 1.29 is 9.18 Å². The monoisotopic (exact) mass is 322 g/mol. The minimum atomic E-state index is -0.307. The first-order chi connectivity index (χ1) is 11.7. The van der Waals surface area contributed by atoms with Gasteiger partial charge in [-0.1, -0.05) is 36.4 Å². The van der Waals surface area contributed by atoms with Crippen molar-refractivity contribution in [3.05, 3.63) is 65.5 Å². The van der Waals surface area contributed by atoms with Gasteiger partial charge >= 0.3 is 0 Å². The zero-order valence-electron chi connectivity index (χ0n) is 13.4. The predicted molar refractivity (Wildman–Crippen MR) is 90.4 cm³/mol. The molecular formula is C20H19FN2O. The average Bonchev–Trinajstić information content (AvgIpc) is 3.27. The third-order valence-corrected chi connectivity index (χ3v) is 5.82. The quantitative estimate of drug-likeness (QED) is 0.849. The molecule has 0 saturated carbocycles. The Bertz CT molecular complexity index is 796. The average molecular weight is 322 g/mol. The van der Waals surface area contributed by atoms with Crippen LogP contribution in [0.5, 0.6) is 0 Å². The van der Waals surface area contributed by atoms with Crippen molar-refractivity contribution in [2.75, 3.05) is 11.4 Å². The predicted octanol–water partition coefficient (Wildman–Crippen LogP) is 2.78. The zero-order chi connectivity index (χ0) is 16.3. The number of fused-ring (bicyclic) bond motifs is 3. The van der Waals surface area contributed by atoms with Gasteiger partial charge in [0.1, 0.15) is 5.82 Å². The molecule has 2 aromatic carbocycles. The highest BCUT2D eigenvalue weighted by Gasteiger charge is 2.52. The number of anilines is 1. The van der Waals surface area contributed by atoms with E-state index in [1.807, 2.05) is 0 Å². The molecule has 122 valence electrons. The minimum Gasteiger partial charge on any atom is -0.304 e. The molecule has 2 saturated heterocycles. The molecule has 2 aliphatic heterocycles. The second-order valence-corrected chi connectivity index (χ2v) is 7.09. The van der Waals surface area contributed by atoms with E-state index >= 15 is 0 Å². The van der Waals surface area contributed by atoms with E-state index < -0.39 is 0 Å². The second kappa shape index (κ2) is 5.15. The van der Waals surface area contributed by atoms with Crippen molar-refractivity contribution in [1.29, 1.82) is 0 Å². The largest absolute Gasteiger partial charge is 0.304 e. The van der Waals surface area contributed by atoms with Gasteiger partial charge in [-0.25, -0.2) is 4.39 Å². The van der Waals surface area contributed by atoms with Crippen LogP contribution >= 0.6 is 0 Å². The summed E-state index contributed by atoms with van der Waals surface area (Å²) in [6.45, 7) is 0.851. The molecule has 1 aliphatic carbocycles. The minimum absolute atomic E-state index is 0.0623. The molecule has 2 atom stereocenters. The van der Waals surface area contributed by atoms with Gasteiger partial charge in [0.05, 0.1) is 17.8 Å². The summed E-state index contributed by atoms with van der Waals surface area (Å²) >= 11 is 0. The Morgan fingerprint density at radius 1 is 0.917 bits per heavy atom. The maximum absolute atomic E-state index is 14.1. The number of carbonyl (C=O) groups excluding carboxylic acids is 1. The van der Waals surface area contributed by atoms with E-state index in [2.05, 4.69) is 29.2 Å². The van der Waals surface area contributed by atoms with Crippen molar-refractivity contribution >= 4 is 11.6 Å². The third-order valence-electron chi connectivity index (χ3n) is 5.82. The molecule has 5 rings (SSSR count). The van der Waals surface area contributed by atoms with E-state index in [1.54, 1.807) is 23.1 Å². The highest BCUT2D eigenvalue weighted by Crippen LogP contribution is 2.40. The van der Waals surface area contributed by atoms with Crippen LogP contribution in [-0.2, 0) is 17.6 Å². The molecule has 0 spiro atoms. The van der Waals surface area contributed by atoms with Crippen molar-refractivity contribution in [2.45, 2.75) is 37.4 Å². The van der Waals surface area contributed by atoms with Gasteiger partial charge in [-0.15, -0.1) is 0 Å². The topological polar surface area (TPSA) is 23.6 Å². The van der Waals surface area contributed by atoms with Crippen molar-refractivity contribution in [3.63, 3.8) is 0 Å². The zero-order valence-corrected chi connectivity index (χ0v) is 13.4. The number of amides is 1. The Hall–Kier alpha value is -2.20. The van der Waals surface area contributed by atoms with Crippen LogP contribution in [-0.4, -0.2) is 35.5 Å². The van der Waals surface area contributed by atoms with E-state index in [1.165, 1.54) is 17.2 Å². The molecule has 4 heteroatoms. The highest BCUT2D eigenvalue weighted by molar-refractivity contribution is 6.01. The molecule has 2 heterocycles. The van der Waals surface area contributed by atoms with Gasteiger partial charge in [-0.2, -0.15) is 0 Å². The molecular weight excluding hydrogens is 303 g/mol. The van der Waals surface area contributed by atoms with Gasteiger partial charge in [-0.05, 0) is 42.5 Å². The van der Waals surface area contributed by atoms with Crippen LogP contribution in [0.1, 0.15) is 17.5 Å². The van der Waals surface area contributed by atoms with E-state index in [9.17, 15) is 9.18 Å². The first-order valence-corrected chi connectivity index (χ1v) is 8.62. The number of hydrogen-bond acceptors (Lipinski definition) is 2. The molecule has 2 bridgehead atoms. The second-order valence-electron chi connectivity index (χ2n) is 7.09. The Kier molecular flexibility index (Phi) is 3.04. The summed E-state index contributed by atoms with van der Waals surface area (Å²) < 4.78 is 14.1. The number of piperazine rings is 1. The lowest BCUT2D eigenvalue weighted by molar-refractivity contribution is -0.123. The summed E-state index contributed by atoms with van der Waals surface area (Å²) in [5.74, 6) is -0.245. The third kappa shape index (κ3) is 1.96. The first kappa shape index (κ1) is 14.2. The number of para-hydroxylation sites is 1. The molecule has 0 unspecified atom stereocenters. The van der Waals surface area contributed by atoms with Crippen LogP contribution in [0.3, 0.4) is 0 Å². The van der Waals surface area contributed by atoms with Gasteiger partial charge in [0, 0.05) is 12.6 Å². The summed E-state index contributed by atoms with van der Waals surface area (Å²) in [5.41, 5.74) is 3.25. The number of halogens is 1. The summed E-state index contributed by atoms with van der Waals surface area (Å²) in [6.07, 6.45) is 2.86. The van der Waals surface area contributed by atoms with Crippen LogP contribution in [0.2, 0.25) is 0 Å². The number of benzene rings is 2. The van der Waals surface area contributed by atoms with Gasteiger partial charge < -0.3 is 4.90 Å². The Labute approximate surface area is 140 Å². The highest BCUT2D eigenvalue weighted by atomic mass is 19.1. The number of rotatable bonds is 2. The summed E-state index contributed by atoms with van der Waals surface area (Å²) in [4.78, 5) is 16.9. The molecule has 0 radical (unpaired) electrons. The van der Waals surface area contributed by atoms with E-state index in [0.29, 0.717) is 11.7 Å². The molecule has 3 aliphatic rings. The van der Waals surface area contributed by atoms with Crippen LogP contribution in [0.25, 0.3) is 0 Å². The fourth-order valence-corrected chi connectivity index (χ4v) is 4.74. The molecule has 2 fully saturated rings. The fourth-order valence-electron chi connectivity index (χ4n) is 4.74. The normalized spacial score (nSPS) is 26.4. The van der Waals surface area contributed by atoms with E-state index in [0.717, 1.165) is 25.8 Å². The molecule has 0 N–H and O–H groups in total. The maximum atomic E-state index is 14.1. The van der Waals surface area contributed by atoms with Gasteiger partial charge in [0.15, 0.2) is 0 Å². The lowest BCUT2D eigenvalue weighted by Crippen LogP contribution is -2.54. The van der Waals surface area contributed by atoms with Crippen molar-refractivity contribution in [1.82, 2.24) is 4.90 Å². The maximum Gasteiger partial charge on any atom is 0.244 e. The van der Waals surface area contributed by atoms with Crippen LogP contribution in [0, 0.1) is 5.82 Å². The molecule has 2 aromatic rings. The van der Waals surface area contributed by atoms with Crippen LogP contribution in [0.4, 0.5) is 10.1 Å². The summed E-state index contributed by atoms with van der Waals surface area (Å²) in [7, 11) is 0. The molecule has 24 heavy (non-hydrogen) atoms. The first-order valence-electron chi connectivity index (χ1n) is 8.62. The molecule has 0 aromatic heterocycles. The van der Waals surface area contributed by atoms with Crippen molar-refractivity contribution in [3.8, 4) is 0 Å². The smallest absolute Gasteiger partial charge is 0.244 e. The number of likely N-dealkylation sites (tertiary alicyclic amines) is 1. The van der Waals surface area contributed by atoms with E-state index in [-0.39, 0.29) is 23.8 Å². The summed E-state index contributed by atoms with van der Waals surface area (Å²) in [5, 5.41) is 0. The Balaban J connectivity index is 1.39. The van der Waals surface area contributed by atoms with Gasteiger partial charge in [0.25, 0.3) is 0 Å². The number of carbonyl (C=O) groups is 1. The molecule has 3 nitrogen and oxygen atoms in total. The van der Waals surface area contributed by atoms with Crippen molar-refractivity contribution in [2.24, 2.45) is 0 Å². The molecule has 1 amide bonds. The Morgan fingerprint density at radius 3 is 2.25 bits per heavy atom. The number of nitrogens with zero attached hydrogens (tertiary/aromatic N) is 2. The fraction of sp³-hybridized carbons (Fsp3) is 0.350. The van der Waals surface area contributed by atoms with Crippen LogP contribution < -0.4 is 4.90 Å². The van der Waals surface area contributed by atoms with E-state index in [4.69, 9.17) is 0 Å². The van der Waals surface area contributed by atoms with Crippen LogP contribution in [0.15, 0.2) is 48.5 Å². The standard InChI is InChI=1S/C20H19FN2O/c21-17-7-3-4-8-18(17)23-16-11-19(20(23)24)22(12-16)15-9-13-5-1-2-6-14(13)10-15/h1-8,15-16,19H,9-12H2/t16-,19-/m0/s1. The van der Waals surface area contributed by atoms with Gasteiger partial charge in [0.2, 0.25) is 5.91 Å². The number of hydrogen-bond donors (Lipinski definition) is 0. The lowest BCUT2D eigenvalue weighted by atomic mass is 10.1. The SMILES string of the molecule is O=C1[C@@H]2C[C@@H](CN2C2Cc3ccccc3C2)N1c1ccccc1F. The summed E-state index contributed by atoms with van der Waals surface area (Å²) in [6, 6.07) is 15.6.